The smallest absolute Gasteiger partial charge is 0.122 e. The maximum Gasteiger partial charge on any atom is 0.122 e. The van der Waals surface area contributed by atoms with Crippen LogP contribution in [0.15, 0.2) is 23.2 Å². The molecule has 2 nitrogen and oxygen atoms in total. The number of aliphatic imine (C=N–C) groups is 1. The van der Waals surface area contributed by atoms with Crippen LogP contribution in [-0.4, -0.2) is 25.2 Å². The summed E-state index contributed by atoms with van der Waals surface area (Å²) in [4.78, 5) is 4.39. The normalized spacial score (nSPS) is 13.6. The van der Waals surface area contributed by atoms with Gasteiger partial charge < -0.3 is 4.74 Å². The van der Waals surface area contributed by atoms with Crippen LogP contribution in [-0.2, 0) is 6.42 Å². The number of halogens is 2. The topological polar surface area (TPSA) is 21.6 Å². The second-order valence-electron chi connectivity index (χ2n) is 3.20. The molecule has 0 N–H and O–H groups in total. The Kier molecular flexibility index (Phi) is 4.43. The molecule has 0 spiro atoms. The molecule has 0 fully saturated rings. The summed E-state index contributed by atoms with van der Waals surface area (Å²) in [7, 11) is 1.70. The second kappa shape index (κ2) is 5.38. The monoisotopic (exact) mass is 245 g/mol. The molecule has 1 aromatic rings. The highest BCUT2D eigenvalue weighted by Crippen LogP contribution is 2.26. The van der Waals surface area contributed by atoms with Gasteiger partial charge in [-0.1, -0.05) is 12.1 Å². The van der Waals surface area contributed by atoms with Gasteiger partial charge in [0.25, 0.3) is 0 Å². The van der Waals surface area contributed by atoms with Crippen molar-refractivity contribution in [2.45, 2.75) is 6.42 Å². The summed E-state index contributed by atoms with van der Waals surface area (Å²) in [5, 5.41) is 0. The summed E-state index contributed by atoms with van der Waals surface area (Å²) in [6.45, 7) is 0.815. The lowest BCUT2D eigenvalue weighted by molar-refractivity contribution is 0.409. The number of ether oxygens (including phenoxy) is 1. The summed E-state index contributed by atoms with van der Waals surface area (Å²) in [6, 6.07) is 6.01. The van der Waals surface area contributed by atoms with E-state index in [0.29, 0.717) is 5.88 Å². The predicted octanol–water partition coefficient (Wildman–Crippen LogP) is 2.70. The van der Waals surface area contributed by atoms with Crippen LogP contribution in [0.2, 0.25) is 0 Å². The molecule has 4 heteroatoms. The Balaban J connectivity index is 0.00000112. The SMILES string of the molecule is COc1cccc2c1CCN=C2CCl.Cl. The molecule has 2 rings (SSSR count). The van der Waals surface area contributed by atoms with Gasteiger partial charge in [0.2, 0.25) is 0 Å². The van der Waals surface area contributed by atoms with E-state index in [1.807, 2.05) is 12.1 Å². The van der Waals surface area contributed by atoms with Crippen molar-refractivity contribution in [3.8, 4) is 5.75 Å². The summed E-state index contributed by atoms with van der Waals surface area (Å²) in [5.74, 6) is 1.42. The number of benzene rings is 1. The lowest BCUT2D eigenvalue weighted by Crippen LogP contribution is -2.14. The van der Waals surface area contributed by atoms with E-state index in [1.54, 1.807) is 7.11 Å². The number of fused-ring (bicyclic) bond motifs is 1. The van der Waals surface area contributed by atoms with Crippen molar-refractivity contribution in [1.82, 2.24) is 0 Å². The molecular weight excluding hydrogens is 233 g/mol. The third-order valence-corrected chi connectivity index (χ3v) is 2.71. The van der Waals surface area contributed by atoms with Crippen LogP contribution in [0.25, 0.3) is 0 Å². The number of nitrogens with zero attached hydrogens (tertiary/aromatic N) is 1. The summed E-state index contributed by atoms with van der Waals surface area (Å²) in [6.07, 6.45) is 0.944. The zero-order valence-electron chi connectivity index (χ0n) is 8.50. The van der Waals surface area contributed by atoms with Crippen LogP contribution in [0.5, 0.6) is 5.75 Å². The van der Waals surface area contributed by atoms with Crippen LogP contribution in [0.4, 0.5) is 0 Å². The van der Waals surface area contributed by atoms with Crippen molar-refractivity contribution in [1.29, 1.82) is 0 Å². The third-order valence-electron chi connectivity index (χ3n) is 2.45. The van der Waals surface area contributed by atoms with E-state index < -0.39 is 0 Å². The van der Waals surface area contributed by atoms with E-state index in [1.165, 1.54) is 5.56 Å². The molecule has 82 valence electrons. The number of rotatable bonds is 2. The Labute approximate surface area is 101 Å². The van der Waals surface area contributed by atoms with Gasteiger partial charge in [-0.05, 0) is 12.5 Å². The van der Waals surface area contributed by atoms with Gasteiger partial charge >= 0.3 is 0 Å². The molecule has 0 bridgehead atoms. The molecule has 0 saturated carbocycles. The highest BCUT2D eigenvalue weighted by atomic mass is 35.5. The van der Waals surface area contributed by atoms with Crippen molar-refractivity contribution in [2.24, 2.45) is 4.99 Å². The fourth-order valence-corrected chi connectivity index (χ4v) is 2.02. The molecule has 1 heterocycles. The van der Waals surface area contributed by atoms with Crippen LogP contribution in [0, 0.1) is 0 Å². The van der Waals surface area contributed by atoms with E-state index in [9.17, 15) is 0 Å². The Hall–Kier alpha value is -0.730. The first-order chi connectivity index (χ1) is 6.86. The zero-order valence-corrected chi connectivity index (χ0v) is 10.1. The van der Waals surface area contributed by atoms with E-state index in [-0.39, 0.29) is 12.4 Å². The van der Waals surface area contributed by atoms with Crippen LogP contribution in [0.1, 0.15) is 11.1 Å². The molecular formula is C11H13Cl2NO. The first kappa shape index (κ1) is 12.3. The first-order valence-corrected chi connectivity index (χ1v) is 5.16. The minimum atomic E-state index is 0. The quantitative estimate of drug-likeness (QED) is 0.735. The lowest BCUT2D eigenvalue weighted by atomic mass is 9.97. The van der Waals surface area contributed by atoms with Crippen molar-refractivity contribution >= 4 is 29.7 Å². The van der Waals surface area contributed by atoms with Crippen LogP contribution < -0.4 is 4.74 Å². The minimum absolute atomic E-state index is 0. The van der Waals surface area contributed by atoms with Crippen molar-refractivity contribution in [3.63, 3.8) is 0 Å². The zero-order chi connectivity index (χ0) is 9.97. The Morgan fingerprint density at radius 2 is 2.27 bits per heavy atom. The van der Waals surface area contributed by atoms with Crippen molar-refractivity contribution < 1.29 is 4.74 Å². The van der Waals surface area contributed by atoms with Gasteiger partial charge in [-0.15, -0.1) is 24.0 Å². The summed E-state index contributed by atoms with van der Waals surface area (Å²) >= 11 is 5.83. The fraction of sp³-hybridized carbons (Fsp3) is 0.364. The molecule has 1 aliphatic heterocycles. The van der Waals surface area contributed by atoms with E-state index >= 15 is 0 Å². The van der Waals surface area contributed by atoms with Gasteiger partial charge in [0.1, 0.15) is 5.75 Å². The number of alkyl halides is 1. The van der Waals surface area contributed by atoms with Crippen LogP contribution in [0.3, 0.4) is 0 Å². The highest BCUT2D eigenvalue weighted by Gasteiger charge is 2.16. The number of hydrogen-bond acceptors (Lipinski definition) is 2. The Morgan fingerprint density at radius 3 is 2.93 bits per heavy atom. The molecule has 0 atom stereocenters. The van der Waals surface area contributed by atoms with E-state index in [4.69, 9.17) is 16.3 Å². The van der Waals surface area contributed by atoms with E-state index in [2.05, 4.69) is 11.1 Å². The maximum atomic E-state index is 5.83. The Morgan fingerprint density at radius 1 is 1.47 bits per heavy atom. The lowest BCUT2D eigenvalue weighted by Gasteiger charge is -2.17. The molecule has 0 amide bonds. The van der Waals surface area contributed by atoms with Gasteiger partial charge in [0.05, 0.1) is 18.7 Å². The second-order valence-corrected chi connectivity index (χ2v) is 3.47. The summed E-state index contributed by atoms with van der Waals surface area (Å²) < 4.78 is 5.31. The number of methoxy groups -OCH3 is 1. The highest BCUT2D eigenvalue weighted by molar-refractivity contribution is 6.32. The van der Waals surface area contributed by atoms with Gasteiger partial charge in [0.15, 0.2) is 0 Å². The van der Waals surface area contributed by atoms with Gasteiger partial charge in [0, 0.05) is 17.7 Å². The van der Waals surface area contributed by atoms with Crippen LogP contribution >= 0.6 is 24.0 Å². The average Bonchev–Trinajstić information content (AvgIpc) is 2.27. The van der Waals surface area contributed by atoms with Gasteiger partial charge in [-0.2, -0.15) is 0 Å². The van der Waals surface area contributed by atoms with Gasteiger partial charge in [-0.3, -0.25) is 4.99 Å². The largest absolute Gasteiger partial charge is 0.496 e. The molecule has 15 heavy (non-hydrogen) atoms. The Bertz CT molecular complexity index is 377. The molecule has 0 aromatic heterocycles. The maximum absolute atomic E-state index is 5.83. The van der Waals surface area contributed by atoms with Crippen molar-refractivity contribution in [2.75, 3.05) is 19.5 Å². The molecule has 1 aliphatic rings. The third kappa shape index (κ3) is 2.27. The summed E-state index contributed by atoms with van der Waals surface area (Å²) in [5.41, 5.74) is 3.36. The standard InChI is InChI=1S/C11H12ClNO.ClH/c1-14-11-4-2-3-8-9(11)5-6-13-10(8)7-12;/h2-4H,5-7H2,1H3;1H. The van der Waals surface area contributed by atoms with Crippen molar-refractivity contribution in [3.05, 3.63) is 29.3 Å². The predicted molar refractivity (Wildman–Crippen MR) is 66.1 cm³/mol. The van der Waals surface area contributed by atoms with Gasteiger partial charge in [-0.25, -0.2) is 0 Å². The van der Waals surface area contributed by atoms with E-state index in [0.717, 1.165) is 30.0 Å². The average molecular weight is 246 g/mol. The molecule has 0 saturated heterocycles. The molecule has 0 radical (unpaired) electrons. The molecule has 0 unspecified atom stereocenters. The minimum Gasteiger partial charge on any atom is -0.496 e. The number of hydrogen-bond donors (Lipinski definition) is 0. The fourth-order valence-electron chi connectivity index (χ4n) is 1.79. The first-order valence-electron chi connectivity index (χ1n) is 4.62. The molecule has 0 aliphatic carbocycles. The molecule has 1 aromatic carbocycles.